The number of ether oxygens (including phenoxy) is 1. The highest BCUT2D eigenvalue weighted by molar-refractivity contribution is 5.90. The van der Waals surface area contributed by atoms with Crippen LogP contribution in [0.25, 0.3) is 0 Å². The van der Waals surface area contributed by atoms with Crippen molar-refractivity contribution in [2.75, 3.05) is 12.3 Å². The minimum Gasteiger partial charge on any atom is -0.506 e. The molecule has 4 nitrogen and oxygen atoms in total. The summed E-state index contributed by atoms with van der Waals surface area (Å²) in [5.41, 5.74) is 5.98. The first kappa shape index (κ1) is 11.4. The van der Waals surface area contributed by atoms with E-state index in [9.17, 15) is 9.90 Å². The molecule has 0 fully saturated rings. The second-order valence-electron chi connectivity index (χ2n) is 3.26. The van der Waals surface area contributed by atoms with Crippen molar-refractivity contribution in [3.8, 4) is 5.75 Å². The molecule has 0 aliphatic rings. The van der Waals surface area contributed by atoms with Crippen LogP contribution in [0.1, 0.15) is 30.1 Å². The molecule has 4 heteroatoms. The van der Waals surface area contributed by atoms with Crippen LogP contribution in [0.4, 0.5) is 5.69 Å². The van der Waals surface area contributed by atoms with E-state index in [0.717, 1.165) is 12.8 Å². The topological polar surface area (TPSA) is 72.5 Å². The van der Waals surface area contributed by atoms with Gasteiger partial charge in [-0.2, -0.15) is 0 Å². The Kier molecular flexibility index (Phi) is 3.97. The minimum atomic E-state index is -0.432. The first-order valence-electron chi connectivity index (χ1n) is 4.90. The summed E-state index contributed by atoms with van der Waals surface area (Å²) in [6.07, 6.45) is 1.81. The molecule has 3 N–H and O–H groups in total. The highest BCUT2D eigenvalue weighted by Gasteiger charge is 2.08. The molecule has 0 atom stereocenters. The molecule has 0 aliphatic carbocycles. The molecule has 0 bridgehead atoms. The molecule has 15 heavy (non-hydrogen) atoms. The van der Waals surface area contributed by atoms with Crippen LogP contribution in [0.5, 0.6) is 5.75 Å². The van der Waals surface area contributed by atoms with Gasteiger partial charge in [0.2, 0.25) is 0 Å². The zero-order valence-electron chi connectivity index (χ0n) is 8.69. The van der Waals surface area contributed by atoms with Gasteiger partial charge in [0.25, 0.3) is 0 Å². The maximum Gasteiger partial charge on any atom is 0.338 e. The Morgan fingerprint density at radius 2 is 2.27 bits per heavy atom. The van der Waals surface area contributed by atoms with Crippen LogP contribution >= 0.6 is 0 Å². The number of aromatic hydroxyl groups is 1. The normalized spacial score (nSPS) is 9.93. The van der Waals surface area contributed by atoms with Crippen LogP contribution in [0.15, 0.2) is 18.2 Å². The number of carbonyl (C=O) groups is 1. The van der Waals surface area contributed by atoms with Gasteiger partial charge in [-0.3, -0.25) is 0 Å². The fourth-order valence-corrected chi connectivity index (χ4v) is 1.06. The summed E-state index contributed by atoms with van der Waals surface area (Å²) in [5, 5.41) is 9.29. The average molecular weight is 209 g/mol. The number of nitrogen functional groups attached to an aromatic ring is 1. The molecule has 1 aromatic rings. The lowest BCUT2D eigenvalue weighted by Gasteiger charge is -2.05. The van der Waals surface area contributed by atoms with Crippen molar-refractivity contribution in [3.63, 3.8) is 0 Å². The second-order valence-corrected chi connectivity index (χ2v) is 3.26. The van der Waals surface area contributed by atoms with E-state index in [1.807, 2.05) is 6.92 Å². The standard InChI is InChI=1S/C11H15NO3/c1-2-3-6-15-11(14)8-4-5-9(12)10(13)7-8/h4-5,7,13H,2-3,6,12H2,1H3. The zero-order valence-corrected chi connectivity index (χ0v) is 8.69. The van der Waals surface area contributed by atoms with E-state index in [2.05, 4.69) is 0 Å². The molecule has 0 saturated carbocycles. The van der Waals surface area contributed by atoms with Crippen LogP contribution in [-0.4, -0.2) is 17.7 Å². The van der Waals surface area contributed by atoms with Crippen LogP contribution in [0.3, 0.4) is 0 Å². The summed E-state index contributed by atoms with van der Waals surface area (Å²) in [6, 6.07) is 4.32. The van der Waals surface area contributed by atoms with Gasteiger partial charge >= 0.3 is 5.97 Å². The number of hydrogen-bond donors (Lipinski definition) is 2. The maximum atomic E-state index is 11.4. The number of phenols is 1. The lowest BCUT2D eigenvalue weighted by molar-refractivity contribution is 0.0499. The largest absolute Gasteiger partial charge is 0.506 e. The van der Waals surface area contributed by atoms with Gasteiger partial charge < -0.3 is 15.6 Å². The summed E-state index contributed by atoms with van der Waals surface area (Å²) in [6.45, 7) is 2.42. The molecule has 0 saturated heterocycles. The fraction of sp³-hybridized carbons (Fsp3) is 0.364. The molecule has 0 spiro atoms. The molecule has 0 aliphatic heterocycles. The average Bonchev–Trinajstić information content (AvgIpc) is 2.22. The minimum absolute atomic E-state index is 0.0973. The van der Waals surface area contributed by atoms with Crippen LogP contribution in [0, 0.1) is 0 Å². The molecule has 1 rings (SSSR count). The number of phenolic OH excluding ortho intramolecular Hbond substituents is 1. The third-order valence-electron chi connectivity index (χ3n) is 2.00. The predicted octanol–water partition coefficient (Wildman–Crippen LogP) is 1.93. The molecular formula is C11H15NO3. The van der Waals surface area contributed by atoms with E-state index < -0.39 is 5.97 Å². The van der Waals surface area contributed by atoms with Gasteiger partial charge in [0.15, 0.2) is 0 Å². The van der Waals surface area contributed by atoms with Crippen molar-refractivity contribution >= 4 is 11.7 Å². The summed E-state index contributed by atoms with van der Waals surface area (Å²) >= 11 is 0. The number of benzene rings is 1. The number of unbranched alkanes of at least 4 members (excludes halogenated alkanes) is 1. The van der Waals surface area contributed by atoms with E-state index in [-0.39, 0.29) is 11.4 Å². The van der Waals surface area contributed by atoms with E-state index in [1.54, 1.807) is 0 Å². The first-order valence-corrected chi connectivity index (χ1v) is 4.90. The van der Waals surface area contributed by atoms with Gasteiger partial charge in [0, 0.05) is 0 Å². The molecule has 82 valence electrons. The lowest BCUT2D eigenvalue weighted by Crippen LogP contribution is -2.06. The van der Waals surface area contributed by atoms with E-state index in [4.69, 9.17) is 10.5 Å². The Morgan fingerprint density at radius 1 is 1.53 bits per heavy atom. The second kappa shape index (κ2) is 5.24. The van der Waals surface area contributed by atoms with E-state index >= 15 is 0 Å². The maximum absolute atomic E-state index is 11.4. The SMILES string of the molecule is CCCCOC(=O)c1ccc(N)c(O)c1. The number of esters is 1. The zero-order chi connectivity index (χ0) is 11.3. The molecule has 0 amide bonds. The summed E-state index contributed by atoms with van der Waals surface area (Å²) in [4.78, 5) is 11.4. The summed E-state index contributed by atoms with van der Waals surface area (Å²) in [7, 11) is 0. The number of rotatable bonds is 4. The van der Waals surface area contributed by atoms with Crippen molar-refractivity contribution in [1.29, 1.82) is 0 Å². The number of hydrogen-bond acceptors (Lipinski definition) is 4. The highest BCUT2D eigenvalue weighted by Crippen LogP contribution is 2.20. The molecular weight excluding hydrogens is 194 g/mol. The van der Waals surface area contributed by atoms with Crippen molar-refractivity contribution in [1.82, 2.24) is 0 Å². The van der Waals surface area contributed by atoms with Gasteiger partial charge in [0.05, 0.1) is 17.9 Å². The smallest absolute Gasteiger partial charge is 0.338 e. The third-order valence-corrected chi connectivity index (χ3v) is 2.00. The quantitative estimate of drug-likeness (QED) is 0.344. The van der Waals surface area contributed by atoms with Crippen LogP contribution < -0.4 is 5.73 Å². The van der Waals surface area contributed by atoms with Crippen molar-refractivity contribution in [3.05, 3.63) is 23.8 Å². The number of anilines is 1. The summed E-state index contributed by atoms with van der Waals surface area (Å²) in [5.74, 6) is -0.529. The Morgan fingerprint density at radius 3 is 2.87 bits per heavy atom. The van der Waals surface area contributed by atoms with Gasteiger partial charge in [-0.05, 0) is 24.6 Å². The Labute approximate surface area is 88.7 Å². The number of carbonyl (C=O) groups excluding carboxylic acids is 1. The Balaban J connectivity index is 2.62. The monoisotopic (exact) mass is 209 g/mol. The highest BCUT2D eigenvalue weighted by atomic mass is 16.5. The van der Waals surface area contributed by atoms with Crippen molar-refractivity contribution in [2.24, 2.45) is 0 Å². The lowest BCUT2D eigenvalue weighted by atomic mass is 10.2. The predicted molar refractivity (Wildman–Crippen MR) is 57.7 cm³/mol. The third kappa shape index (κ3) is 3.16. The summed E-state index contributed by atoms with van der Waals surface area (Å²) < 4.78 is 4.97. The number of nitrogens with two attached hydrogens (primary N) is 1. The Hall–Kier alpha value is -1.71. The molecule has 0 radical (unpaired) electrons. The van der Waals surface area contributed by atoms with E-state index in [1.165, 1.54) is 18.2 Å². The molecule has 0 heterocycles. The van der Waals surface area contributed by atoms with Gasteiger partial charge in [-0.25, -0.2) is 4.79 Å². The van der Waals surface area contributed by atoms with E-state index in [0.29, 0.717) is 12.2 Å². The molecule has 0 aromatic heterocycles. The molecule has 0 unspecified atom stereocenters. The van der Waals surface area contributed by atoms with Gasteiger partial charge in [0.1, 0.15) is 5.75 Å². The van der Waals surface area contributed by atoms with Gasteiger partial charge in [-0.1, -0.05) is 13.3 Å². The first-order chi connectivity index (χ1) is 7.15. The van der Waals surface area contributed by atoms with Crippen LogP contribution in [-0.2, 0) is 4.74 Å². The van der Waals surface area contributed by atoms with Gasteiger partial charge in [-0.15, -0.1) is 0 Å². The van der Waals surface area contributed by atoms with Crippen molar-refractivity contribution < 1.29 is 14.6 Å². The fourth-order valence-electron chi connectivity index (χ4n) is 1.06. The molecule has 1 aromatic carbocycles. The van der Waals surface area contributed by atoms with Crippen LogP contribution in [0.2, 0.25) is 0 Å². The van der Waals surface area contributed by atoms with Crippen molar-refractivity contribution in [2.45, 2.75) is 19.8 Å². The Bertz CT molecular complexity index is 350.